The number of nitrogens with one attached hydrogen (secondary N) is 4. The van der Waals surface area contributed by atoms with E-state index in [1.165, 1.54) is 11.0 Å². The number of Topliss-reactive ketones (excluding diaryl/α,β-unsaturated/α-hetero) is 1. The number of urea groups is 1. The van der Waals surface area contributed by atoms with Crippen LogP contribution in [-0.2, 0) is 36.9 Å². The first-order chi connectivity index (χ1) is 23.0. The lowest BCUT2D eigenvalue weighted by molar-refractivity contribution is -0.143. The first kappa shape index (κ1) is 39.0. The number of ketones is 1. The third-order valence-corrected chi connectivity index (χ3v) is 8.93. The molecule has 1 aromatic carbocycles. The monoisotopic (exact) mass is 678 g/mol. The zero-order valence-corrected chi connectivity index (χ0v) is 30.1. The van der Waals surface area contributed by atoms with E-state index in [1.807, 2.05) is 72.7 Å². The van der Waals surface area contributed by atoms with E-state index in [-0.39, 0.29) is 25.4 Å². The van der Waals surface area contributed by atoms with Crippen LogP contribution in [0.1, 0.15) is 78.9 Å². The number of hydrogen-bond donors (Lipinski definition) is 4. The zero-order chi connectivity index (χ0) is 36.5. The topological polar surface area (TPSA) is 157 Å². The maximum absolute atomic E-state index is 14.1. The van der Waals surface area contributed by atoms with Gasteiger partial charge in [-0.15, -0.1) is 6.58 Å². The van der Waals surface area contributed by atoms with E-state index >= 15 is 0 Å². The number of nitrogens with zero attached hydrogens (tertiary/aromatic N) is 2. The third-order valence-electron chi connectivity index (χ3n) is 8.93. The largest absolute Gasteiger partial charge is 0.346 e. The second kappa shape index (κ2) is 16.8. The SMILES string of the molecule is C=CCNC(=O)C(=O)C(CCCC)NC(=O)[C@@H]1C=CCN1C(=O)[C@@H](NC(=O)N[C@H](CN1Cc2ccccc2CC1=O)C(C)(C)C)C(C)(C)C. The Morgan fingerprint density at radius 3 is 2.27 bits per heavy atom. The van der Waals surface area contributed by atoms with Crippen LogP contribution >= 0.6 is 0 Å². The Hall–Kier alpha value is -4.48. The normalized spacial score (nSPS) is 17.8. The van der Waals surface area contributed by atoms with E-state index < -0.39 is 64.5 Å². The minimum absolute atomic E-state index is 0.0141. The molecule has 4 N–H and O–H groups in total. The molecule has 12 heteroatoms. The fourth-order valence-electron chi connectivity index (χ4n) is 5.84. The highest BCUT2D eigenvalue weighted by Gasteiger charge is 2.42. The number of carbonyl (C=O) groups excluding carboxylic acids is 6. The lowest BCUT2D eigenvalue weighted by Crippen LogP contribution is -2.62. The Labute approximate surface area is 290 Å². The van der Waals surface area contributed by atoms with Gasteiger partial charge in [-0.1, -0.05) is 104 Å². The van der Waals surface area contributed by atoms with Crippen molar-refractivity contribution in [1.29, 1.82) is 0 Å². The number of unbranched alkanes of at least 4 members (excludes halogenated alkanes) is 1. The summed E-state index contributed by atoms with van der Waals surface area (Å²) in [7, 11) is 0. The van der Waals surface area contributed by atoms with Crippen LogP contribution in [0.15, 0.2) is 49.1 Å². The van der Waals surface area contributed by atoms with Crippen LogP contribution in [0.4, 0.5) is 4.79 Å². The summed E-state index contributed by atoms with van der Waals surface area (Å²) in [5.74, 6) is -2.66. The molecule has 0 radical (unpaired) electrons. The molecule has 2 heterocycles. The lowest BCUT2D eigenvalue weighted by Gasteiger charge is -2.39. The van der Waals surface area contributed by atoms with Gasteiger partial charge in [0.2, 0.25) is 23.5 Å². The van der Waals surface area contributed by atoms with Crippen molar-refractivity contribution in [2.75, 3.05) is 19.6 Å². The molecule has 3 rings (SSSR count). The summed E-state index contributed by atoms with van der Waals surface area (Å²) < 4.78 is 0. The number of rotatable bonds is 14. The molecular formula is C37H54N6O6. The molecule has 268 valence electrons. The molecule has 12 nitrogen and oxygen atoms in total. The van der Waals surface area contributed by atoms with Gasteiger partial charge in [-0.2, -0.15) is 0 Å². The van der Waals surface area contributed by atoms with Gasteiger partial charge in [-0.25, -0.2) is 4.79 Å². The molecule has 1 unspecified atom stereocenters. The number of amides is 6. The summed E-state index contributed by atoms with van der Waals surface area (Å²) in [6.07, 6.45) is 6.64. The Kier molecular flexibility index (Phi) is 13.3. The molecule has 6 amide bonds. The van der Waals surface area contributed by atoms with E-state index in [4.69, 9.17) is 0 Å². The Morgan fingerprint density at radius 2 is 1.65 bits per heavy atom. The summed E-state index contributed by atoms with van der Waals surface area (Å²) in [5.41, 5.74) is 0.915. The second-order valence-corrected chi connectivity index (χ2v) is 15.0. The second-order valence-electron chi connectivity index (χ2n) is 15.0. The van der Waals surface area contributed by atoms with Crippen molar-refractivity contribution in [2.24, 2.45) is 10.8 Å². The van der Waals surface area contributed by atoms with E-state index in [0.29, 0.717) is 25.9 Å². The summed E-state index contributed by atoms with van der Waals surface area (Å²) in [5, 5.41) is 11.0. The van der Waals surface area contributed by atoms with Crippen LogP contribution in [0.2, 0.25) is 0 Å². The number of benzene rings is 1. The van der Waals surface area contributed by atoms with Gasteiger partial charge in [0.25, 0.3) is 5.91 Å². The molecular weight excluding hydrogens is 624 g/mol. The quantitative estimate of drug-likeness (QED) is 0.175. The van der Waals surface area contributed by atoms with Crippen molar-refractivity contribution in [2.45, 2.75) is 105 Å². The summed E-state index contributed by atoms with van der Waals surface area (Å²) in [6.45, 7) is 17.9. The van der Waals surface area contributed by atoms with Crippen molar-refractivity contribution in [1.82, 2.24) is 31.1 Å². The van der Waals surface area contributed by atoms with E-state index in [1.54, 1.807) is 17.1 Å². The van der Waals surface area contributed by atoms with Gasteiger partial charge >= 0.3 is 6.03 Å². The first-order valence-electron chi connectivity index (χ1n) is 17.1. The summed E-state index contributed by atoms with van der Waals surface area (Å²) in [6, 6.07) is 3.71. The van der Waals surface area contributed by atoms with E-state index in [0.717, 1.165) is 17.5 Å². The highest BCUT2D eigenvalue weighted by Crippen LogP contribution is 2.26. The fourth-order valence-corrected chi connectivity index (χ4v) is 5.84. The predicted molar refractivity (Wildman–Crippen MR) is 188 cm³/mol. The Bertz CT molecular complexity index is 1440. The molecule has 0 spiro atoms. The van der Waals surface area contributed by atoms with Crippen LogP contribution in [-0.4, -0.2) is 89.0 Å². The molecule has 49 heavy (non-hydrogen) atoms. The van der Waals surface area contributed by atoms with Gasteiger partial charge in [-0.05, 0) is 28.4 Å². The average Bonchev–Trinajstić information content (AvgIpc) is 3.53. The van der Waals surface area contributed by atoms with Crippen LogP contribution < -0.4 is 21.3 Å². The third kappa shape index (κ3) is 10.5. The van der Waals surface area contributed by atoms with Gasteiger partial charge in [0, 0.05) is 26.2 Å². The molecule has 2 aliphatic heterocycles. The average molecular weight is 679 g/mol. The summed E-state index contributed by atoms with van der Waals surface area (Å²) >= 11 is 0. The molecule has 0 aromatic heterocycles. The number of hydrogen-bond acceptors (Lipinski definition) is 6. The number of carbonyl (C=O) groups is 6. The van der Waals surface area contributed by atoms with Gasteiger partial charge in [0.15, 0.2) is 0 Å². The van der Waals surface area contributed by atoms with Gasteiger partial charge in [0.05, 0.1) is 18.5 Å². The van der Waals surface area contributed by atoms with Gasteiger partial charge in [-0.3, -0.25) is 24.0 Å². The van der Waals surface area contributed by atoms with Crippen LogP contribution in [0, 0.1) is 10.8 Å². The smallest absolute Gasteiger partial charge is 0.315 e. The number of fused-ring (bicyclic) bond motifs is 1. The zero-order valence-electron chi connectivity index (χ0n) is 30.1. The molecule has 1 aromatic rings. The molecule has 0 aliphatic carbocycles. The predicted octanol–water partition coefficient (Wildman–Crippen LogP) is 3.01. The van der Waals surface area contributed by atoms with Crippen LogP contribution in [0.25, 0.3) is 0 Å². The van der Waals surface area contributed by atoms with Crippen molar-refractivity contribution in [3.8, 4) is 0 Å². The van der Waals surface area contributed by atoms with Crippen LogP contribution in [0.5, 0.6) is 0 Å². The van der Waals surface area contributed by atoms with E-state index in [2.05, 4.69) is 27.8 Å². The maximum atomic E-state index is 14.1. The first-order valence-corrected chi connectivity index (χ1v) is 17.1. The summed E-state index contributed by atoms with van der Waals surface area (Å²) in [4.78, 5) is 82.7. The highest BCUT2D eigenvalue weighted by molar-refractivity contribution is 6.38. The maximum Gasteiger partial charge on any atom is 0.315 e. The van der Waals surface area contributed by atoms with Gasteiger partial charge < -0.3 is 31.1 Å². The Balaban J connectivity index is 1.73. The highest BCUT2D eigenvalue weighted by atomic mass is 16.2. The fraction of sp³-hybridized carbons (Fsp3) is 0.568. The van der Waals surface area contributed by atoms with Crippen molar-refractivity contribution in [3.63, 3.8) is 0 Å². The van der Waals surface area contributed by atoms with Crippen molar-refractivity contribution < 1.29 is 28.8 Å². The molecule has 4 atom stereocenters. The molecule has 2 aliphatic rings. The minimum atomic E-state index is -1.06. The molecule has 0 saturated carbocycles. The van der Waals surface area contributed by atoms with Crippen molar-refractivity contribution >= 4 is 35.4 Å². The molecule has 0 bridgehead atoms. The van der Waals surface area contributed by atoms with Gasteiger partial charge in [0.1, 0.15) is 12.1 Å². The molecule has 0 saturated heterocycles. The standard InChI is InChI=1S/C37H54N6O6/c1-9-11-17-26(30(45)33(47)38-19-10-2)39-32(46)27-18-14-20-43(27)34(48)31(37(6,7)8)41-35(49)40-28(36(3,4)5)23-42-22-25-16-13-12-15-24(25)21-29(42)44/h10,12-16,18,26-28,31H,2,9,11,17,19-23H2,1,3-8H3,(H,38,47)(H,39,46)(H2,40,41,49)/t26?,27-,28+,31+/m0/s1. The van der Waals surface area contributed by atoms with E-state index in [9.17, 15) is 28.8 Å². The lowest BCUT2D eigenvalue weighted by atomic mass is 9.85. The van der Waals surface area contributed by atoms with Crippen LogP contribution in [0.3, 0.4) is 0 Å². The Morgan fingerprint density at radius 1 is 0.980 bits per heavy atom. The molecule has 0 fully saturated rings. The van der Waals surface area contributed by atoms with Crippen molar-refractivity contribution in [3.05, 3.63) is 60.2 Å². The minimum Gasteiger partial charge on any atom is -0.346 e.